The maximum absolute atomic E-state index is 12.4. The first-order chi connectivity index (χ1) is 13.8. The zero-order valence-corrected chi connectivity index (χ0v) is 15.3. The van der Waals surface area contributed by atoms with Crippen LogP contribution in [-0.4, -0.2) is 29.0 Å². The first kappa shape index (κ1) is 17.9. The Hall–Kier alpha value is -3.51. The molecule has 3 aromatic rings. The molecule has 1 aliphatic heterocycles. The monoisotopic (exact) mass is 372 g/mol. The summed E-state index contributed by atoms with van der Waals surface area (Å²) in [4.78, 5) is 21.3. The second kappa shape index (κ2) is 8.45. The lowest BCUT2D eigenvalue weighted by molar-refractivity contribution is 0.0958. The van der Waals surface area contributed by atoms with Crippen LogP contribution in [0.4, 0.5) is 11.6 Å². The Bertz CT molecular complexity index is 1020. The second-order valence-electron chi connectivity index (χ2n) is 6.37. The maximum atomic E-state index is 12.4. The van der Waals surface area contributed by atoms with Crippen molar-refractivity contribution in [3.63, 3.8) is 0 Å². The summed E-state index contributed by atoms with van der Waals surface area (Å²) < 4.78 is 5.67. The van der Waals surface area contributed by atoms with E-state index in [0.717, 1.165) is 22.5 Å². The Balaban J connectivity index is 1.69. The van der Waals surface area contributed by atoms with Crippen LogP contribution in [-0.2, 0) is 11.3 Å². The summed E-state index contributed by atoms with van der Waals surface area (Å²) in [5.41, 5.74) is 4.13. The first-order valence-electron chi connectivity index (χ1n) is 9.08. The van der Waals surface area contributed by atoms with Crippen molar-refractivity contribution in [1.82, 2.24) is 15.3 Å². The van der Waals surface area contributed by atoms with Crippen molar-refractivity contribution in [1.29, 1.82) is 0 Å². The largest absolute Gasteiger partial charge is 0.373 e. The molecular weight excluding hydrogens is 352 g/mol. The summed E-state index contributed by atoms with van der Waals surface area (Å²) >= 11 is 0. The minimum Gasteiger partial charge on any atom is -0.373 e. The zero-order chi connectivity index (χ0) is 19.2. The molecule has 1 amide bonds. The molecule has 0 fully saturated rings. The van der Waals surface area contributed by atoms with Gasteiger partial charge in [0.05, 0.1) is 18.9 Å². The molecule has 0 spiro atoms. The number of benzene rings is 2. The number of nitrogens with zero attached hydrogens (tertiary/aromatic N) is 2. The van der Waals surface area contributed by atoms with Gasteiger partial charge < -0.3 is 15.4 Å². The highest BCUT2D eigenvalue weighted by Gasteiger charge is 2.08. The standard InChI is InChI=1S/C22H20N4O2/c27-21-18-7-4-6-17(14-18)20-9-11-24-22(26-20)25-19-8-3-5-16(13-19)15-28-12-2-1-10-23-21/h1-9,11,13-14H,10,12,15H2,(H,23,27)(H,24,25,26). The molecule has 0 unspecified atom stereocenters. The highest BCUT2D eigenvalue weighted by molar-refractivity contribution is 5.95. The molecule has 2 aromatic carbocycles. The molecule has 2 N–H and O–H groups in total. The van der Waals surface area contributed by atoms with Gasteiger partial charge in [0.25, 0.3) is 5.91 Å². The van der Waals surface area contributed by atoms with E-state index in [-0.39, 0.29) is 5.91 Å². The summed E-state index contributed by atoms with van der Waals surface area (Å²) in [6.07, 6.45) is 5.49. The van der Waals surface area contributed by atoms with Crippen LogP contribution in [0.5, 0.6) is 0 Å². The Morgan fingerprint density at radius 1 is 0.964 bits per heavy atom. The summed E-state index contributed by atoms with van der Waals surface area (Å²) in [6.45, 7) is 1.43. The summed E-state index contributed by atoms with van der Waals surface area (Å²) in [6, 6.07) is 17.2. The Labute approximate surface area is 163 Å². The van der Waals surface area contributed by atoms with Crippen LogP contribution in [0.1, 0.15) is 15.9 Å². The van der Waals surface area contributed by atoms with Crippen molar-refractivity contribution < 1.29 is 9.53 Å². The number of carbonyl (C=O) groups excluding carboxylic acids is 1. The number of ether oxygens (including phenoxy) is 1. The number of amides is 1. The third kappa shape index (κ3) is 4.42. The second-order valence-corrected chi connectivity index (χ2v) is 6.37. The number of hydrogen-bond donors (Lipinski definition) is 2. The summed E-state index contributed by atoms with van der Waals surface area (Å²) in [7, 11) is 0. The lowest BCUT2D eigenvalue weighted by Gasteiger charge is -2.10. The Morgan fingerprint density at radius 2 is 1.86 bits per heavy atom. The highest BCUT2D eigenvalue weighted by atomic mass is 16.5. The molecule has 1 aliphatic rings. The van der Waals surface area contributed by atoms with Gasteiger partial charge in [-0.3, -0.25) is 4.79 Å². The smallest absolute Gasteiger partial charge is 0.251 e. The van der Waals surface area contributed by atoms with Crippen molar-refractivity contribution >= 4 is 17.5 Å². The van der Waals surface area contributed by atoms with Crippen molar-refractivity contribution in [2.45, 2.75) is 6.61 Å². The molecule has 0 saturated heterocycles. The van der Waals surface area contributed by atoms with Crippen molar-refractivity contribution in [2.75, 3.05) is 18.5 Å². The number of nitrogens with one attached hydrogen (secondary N) is 2. The highest BCUT2D eigenvalue weighted by Crippen LogP contribution is 2.21. The predicted molar refractivity (Wildman–Crippen MR) is 108 cm³/mol. The van der Waals surface area contributed by atoms with Crippen LogP contribution in [0.3, 0.4) is 0 Å². The van der Waals surface area contributed by atoms with E-state index in [1.165, 1.54) is 0 Å². The Morgan fingerprint density at radius 3 is 2.82 bits per heavy atom. The fourth-order valence-corrected chi connectivity index (χ4v) is 2.92. The zero-order valence-electron chi connectivity index (χ0n) is 15.3. The van der Waals surface area contributed by atoms with Gasteiger partial charge in [0.1, 0.15) is 0 Å². The molecule has 0 radical (unpaired) electrons. The minimum absolute atomic E-state index is 0.129. The van der Waals surface area contributed by atoms with E-state index in [2.05, 4.69) is 20.6 Å². The number of anilines is 2. The van der Waals surface area contributed by atoms with Gasteiger partial charge >= 0.3 is 0 Å². The SMILES string of the molecule is O=C1NCC=CCOCc2cccc(c2)Nc2nccc(n2)-c2cccc1c2. The van der Waals surface area contributed by atoms with Crippen molar-refractivity contribution in [3.05, 3.63) is 84.1 Å². The topological polar surface area (TPSA) is 76.1 Å². The van der Waals surface area contributed by atoms with Gasteiger partial charge in [-0.2, -0.15) is 0 Å². The minimum atomic E-state index is -0.129. The molecule has 140 valence electrons. The van der Waals surface area contributed by atoms with Gasteiger partial charge in [0.15, 0.2) is 0 Å². The Kier molecular flexibility index (Phi) is 5.40. The van der Waals surface area contributed by atoms with E-state index in [9.17, 15) is 4.79 Å². The van der Waals surface area contributed by atoms with Crippen LogP contribution in [0.2, 0.25) is 0 Å². The lowest BCUT2D eigenvalue weighted by atomic mass is 10.1. The molecule has 2 heterocycles. The number of carbonyl (C=O) groups is 1. The third-order valence-corrected chi connectivity index (χ3v) is 4.29. The number of aromatic nitrogens is 2. The van der Waals surface area contributed by atoms with E-state index < -0.39 is 0 Å². The molecule has 4 rings (SSSR count). The lowest BCUT2D eigenvalue weighted by Crippen LogP contribution is -2.23. The average molecular weight is 372 g/mol. The van der Waals surface area contributed by atoms with Gasteiger partial charge in [-0.1, -0.05) is 36.4 Å². The van der Waals surface area contributed by atoms with Gasteiger partial charge in [-0.25, -0.2) is 9.97 Å². The first-order valence-corrected chi connectivity index (χ1v) is 9.08. The third-order valence-electron chi connectivity index (χ3n) is 4.29. The summed E-state index contributed by atoms with van der Waals surface area (Å²) in [5.74, 6) is 0.366. The number of rotatable bonds is 0. The molecule has 6 bridgehead atoms. The van der Waals surface area contributed by atoms with Crippen LogP contribution < -0.4 is 10.6 Å². The quantitative estimate of drug-likeness (QED) is 0.589. The van der Waals surface area contributed by atoms with Gasteiger partial charge in [0, 0.05) is 29.6 Å². The molecule has 1 aromatic heterocycles. The van der Waals surface area contributed by atoms with Gasteiger partial charge in [0.2, 0.25) is 5.95 Å². The normalized spacial score (nSPS) is 14.4. The van der Waals surface area contributed by atoms with Gasteiger partial charge in [-0.15, -0.1) is 0 Å². The molecule has 0 aliphatic carbocycles. The summed E-state index contributed by atoms with van der Waals surface area (Å²) in [5, 5.41) is 6.11. The molecule has 6 heteroatoms. The van der Waals surface area contributed by atoms with E-state index in [4.69, 9.17) is 4.74 Å². The molecular formula is C22H20N4O2. The van der Waals surface area contributed by atoms with Crippen LogP contribution in [0, 0.1) is 0 Å². The molecule has 6 nitrogen and oxygen atoms in total. The van der Waals surface area contributed by atoms with Gasteiger partial charge in [-0.05, 0) is 35.9 Å². The molecule has 28 heavy (non-hydrogen) atoms. The van der Waals surface area contributed by atoms with E-state index in [1.54, 1.807) is 12.3 Å². The molecule has 0 saturated carbocycles. The van der Waals surface area contributed by atoms with Crippen LogP contribution in [0.15, 0.2) is 72.9 Å². The van der Waals surface area contributed by atoms with E-state index in [0.29, 0.717) is 31.3 Å². The van der Waals surface area contributed by atoms with E-state index in [1.807, 2.05) is 60.7 Å². The van der Waals surface area contributed by atoms with Crippen LogP contribution in [0.25, 0.3) is 11.3 Å². The van der Waals surface area contributed by atoms with Crippen molar-refractivity contribution in [2.24, 2.45) is 0 Å². The number of fused-ring (bicyclic) bond motifs is 7. The number of hydrogen-bond acceptors (Lipinski definition) is 5. The average Bonchev–Trinajstić information content (AvgIpc) is 2.73. The van der Waals surface area contributed by atoms with E-state index >= 15 is 0 Å². The van der Waals surface area contributed by atoms with Crippen LogP contribution >= 0.6 is 0 Å². The molecule has 0 atom stereocenters. The predicted octanol–water partition coefficient (Wildman–Crippen LogP) is 3.70. The fourth-order valence-electron chi connectivity index (χ4n) is 2.92. The fraction of sp³-hybridized carbons (Fsp3) is 0.136. The maximum Gasteiger partial charge on any atom is 0.251 e. The van der Waals surface area contributed by atoms with Crippen molar-refractivity contribution in [3.8, 4) is 11.3 Å².